The van der Waals surface area contributed by atoms with Crippen molar-refractivity contribution in [3.05, 3.63) is 36.0 Å². The molecule has 0 aliphatic heterocycles. The van der Waals surface area contributed by atoms with Crippen LogP contribution in [-0.2, 0) is 10.1 Å². The highest BCUT2D eigenvalue weighted by atomic mass is 79.9. The largest absolute Gasteiger partial charge is 0.443 e. The van der Waals surface area contributed by atoms with Gasteiger partial charge < -0.3 is 4.74 Å². The van der Waals surface area contributed by atoms with Gasteiger partial charge in [0.15, 0.2) is 0 Å². The van der Waals surface area contributed by atoms with Gasteiger partial charge in [-0.2, -0.15) is 0 Å². The van der Waals surface area contributed by atoms with Crippen molar-refractivity contribution >= 4 is 32.9 Å². The summed E-state index contributed by atoms with van der Waals surface area (Å²) in [5.41, 5.74) is 1.27. The lowest BCUT2D eigenvalue weighted by atomic mass is 10.2. The number of benzene rings is 1. The van der Waals surface area contributed by atoms with E-state index in [0.29, 0.717) is 5.33 Å². The van der Waals surface area contributed by atoms with Crippen molar-refractivity contribution in [2.75, 3.05) is 0 Å². The van der Waals surface area contributed by atoms with E-state index in [1.807, 2.05) is 45.0 Å². The maximum absolute atomic E-state index is 12.1. The van der Waals surface area contributed by atoms with E-state index in [-0.39, 0.29) is 0 Å². The van der Waals surface area contributed by atoms with E-state index in [0.717, 1.165) is 16.5 Å². The number of para-hydroxylation sites is 1. The molecule has 0 unspecified atom stereocenters. The van der Waals surface area contributed by atoms with Gasteiger partial charge in [-0.1, -0.05) is 34.1 Å². The van der Waals surface area contributed by atoms with Gasteiger partial charge in [0.1, 0.15) is 5.60 Å². The van der Waals surface area contributed by atoms with Gasteiger partial charge in [-0.15, -0.1) is 0 Å². The summed E-state index contributed by atoms with van der Waals surface area (Å²) in [5, 5.41) is 1.67. The summed E-state index contributed by atoms with van der Waals surface area (Å²) in [6.07, 6.45) is 2.66. The van der Waals surface area contributed by atoms with E-state index in [9.17, 15) is 4.79 Å². The van der Waals surface area contributed by atoms with Crippen molar-refractivity contribution in [2.24, 2.45) is 0 Å². The van der Waals surface area contributed by atoms with Gasteiger partial charge in [0.05, 0.1) is 11.7 Å². The molecular weight excluding hydrogens is 294 g/mol. The van der Waals surface area contributed by atoms with E-state index in [4.69, 9.17) is 4.74 Å². The van der Waals surface area contributed by atoms with Gasteiger partial charge in [0, 0.05) is 10.7 Å². The fourth-order valence-corrected chi connectivity index (χ4v) is 2.16. The van der Waals surface area contributed by atoms with Crippen LogP contribution in [0.15, 0.2) is 24.3 Å². The fraction of sp³-hybridized carbons (Fsp3) is 0.357. The molecule has 0 spiro atoms. The molecule has 1 heterocycles. The third-order valence-electron chi connectivity index (χ3n) is 2.43. The average Bonchev–Trinajstić information content (AvgIpc) is 2.65. The summed E-state index contributed by atoms with van der Waals surface area (Å²) in [7, 11) is 0. The fourth-order valence-electron chi connectivity index (χ4n) is 1.73. The topological polar surface area (TPSA) is 31.2 Å². The summed E-state index contributed by atoms with van der Waals surface area (Å²) in [6.45, 7) is 5.55. The van der Waals surface area contributed by atoms with Crippen LogP contribution in [0.4, 0.5) is 4.79 Å². The van der Waals surface area contributed by atoms with Crippen LogP contribution in [0, 0.1) is 6.20 Å². The first-order chi connectivity index (χ1) is 8.42. The number of carbonyl (C=O) groups excluding carboxylic acids is 1. The van der Waals surface area contributed by atoms with Crippen LogP contribution in [0.3, 0.4) is 0 Å². The minimum Gasteiger partial charge on any atom is -0.443 e. The van der Waals surface area contributed by atoms with E-state index in [2.05, 4.69) is 22.1 Å². The molecule has 0 bridgehead atoms. The minimum atomic E-state index is -0.509. The number of ether oxygens (including phenoxy) is 1. The lowest BCUT2D eigenvalue weighted by Crippen LogP contribution is -2.26. The lowest BCUT2D eigenvalue weighted by molar-refractivity contribution is 0.0543. The summed E-state index contributed by atoms with van der Waals surface area (Å²) in [6, 6.07) is 7.71. The van der Waals surface area contributed by atoms with Crippen LogP contribution < -0.4 is 0 Å². The number of carbonyl (C=O) groups is 1. The van der Waals surface area contributed by atoms with E-state index in [1.165, 1.54) is 4.57 Å². The zero-order chi connectivity index (χ0) is 13.3. The van der Waals surface area contributed by atoms with Crippen molar-refractivity contribution in [3.63, 3.8) is 0 Å². The molecule has 3 nitrogen and oxygen atoms in total. The second-order valence-electron chi connectivity index (χ2n) is 5.06. The summed E-state index contributed by atoms with van der Waals surface area (Å²) in [4.78, 5) is 12.1. The van der Waals surface area contributed by atoms with Crippen LogP contribution in [0.25, 0.3) is 10.9 Å². The maximum Gasteiger partial charge on any atom is 0.419 e. The zero-order valence-electron chi connectivity index (χ0n) is 10.7. The Morgan fingerprint density at radius 2 is 2.06 bits per heavy atom. The van der Waals surface area contributed by atoms with Crippen LogP contribution in [0.2, 0.25) is 0 Å². The Bertz CT molecular complexity index is 581. The van der Waals surface area contributed by atoms with Crippen molar-refractivity contribution < 1.29 is 9.53 Å². The Kier molecular flexibility index (Phi) is 3.48. The number of alkyl halides is 1. The van der Waals surface area contributed by atoms with Crippen LogP contribution >= 0.6 is 15.9 Å². The number of nitrogens with zero attached hydrogens (tertiary/aromatic N) is 1. The Balaban J connectivity index is 2.48. The molecule has 4 heteroatoms. The third kappa shape index (κ3) is 2.58. The summed E-state index contributed by atoms with van der Waals surface area (Å²) >= 11 is 3.41. The molecule has 1 aromatic heterocycles. The third-order valence-corrected chi connectivity index (χ3v) is 2.99. The maximum atomic E-state index is 12.1. The Morgan fingerprint density at radius 3 is 2.67 bits per heavy atom. The van der Waals surface area contributed by atoms with E-state index >= 15 is 0 Å². The Hall–Kier alpha value is -1.29. The first-order valence-corrected chi connectivity index (χ1v) is 6.85. The zero-order valence-corrected chi connectivity index (χ0v) is 12.2. The molecule has 0 atom stereocenters. The minimum absolute atomic E-state index is 0.397. The van der Waals surface area contributed by atoms with Crippen LogP contribution in [-0.4, -0.2) is 16.3 Å². The second kappa shape index (κ2) is 4.76. The first-order valence-electron chi connectivity index (χ1n) is 5.73. The van der Waals surface area contributed by atoms with Gasteiger partial charge in [-0.25, -0.2) is 9.36 Å². The molecule has 0 aliphatic carbocycles. The molecule has 95 valence electrons. The highest BCUT2D eigenvalue weighted by Gasteiger charge is 2.20. The molecule has 1 aromatic carbocycles. The Labute approximate surface area is 115 Å². The molecule has 2 rings (SSSR count). The van der Waals surface area contributed by atoms with Crippen molar-refractivity contribution in [2.45, 2.75) is 31.7 Å². The standard InChI is InChI=1S/C14H15BrNO2/c1-14(2,3)18-13(17)16-9-10(8-15)11-6-4-5-7-12(11)16/h4-7H,8H2,1-3H3. The number of halogens is 1. The lowest BCUT2D eigenvalue weighted by Gasteiger charge is -2.19. The first kappa shape index (κ1) is 13.1. The molecule has 1 radical (unpaired) electrons. The molecular formula is C14H15BrNO2. The molecule has 18 heavy (non-hydrogen) atoms. The molecule has 2 aromatic rings. The van der Waals surface area contributed by atoms with Crippen molar-refractivity contribution in [1.82, 2.24) is 4.57 Å². The molecule has 0 amide bonds. The molecule has 0 aliphatic rings. The second-order valence-corrected chi connectivity index (χ2v) is 5.62. The average molecular weight is 309 g/mol. The van der Waals surface area contributed by atoms with E-state index in [1.54, 1.807) is 0 Å². The predicted molar refractivity (Wildman–Crippen MR) is 75.0 cm³/mol. The molecule has 0 N–H and O–H groups in total. The van der Waals surface area contributed by atoms with E-state index < -0.39 is 11.7 Å². The number of hydrogen-bond donors (Lipinski definition) is 0. The number of aromatic nitrogens is 1. The predicted octanol–water partition coefficient (Wildman–Crippen LogP) is 4.12. The number of rotatable bonds is 1. The highest BCUT2D eigenvalue weighted by Crippen LogP contribution is 2.23. The van der Waals surface area contributed by atoms with Crippen LogP contribution in [0.5, 0.6) is 0 Å². The highest BCUT2D eigenvalue weighted by molar-refractivity contribution is 9.08. The number of fused-ring (bicyclic) bond motifs is 1. The smallest absolute Gasteiger partial charge is 0.419 e. The SMILES string of the molecule is CC(C)(C)OC(=O)n1[c]c(CBr)c2ccccc21. The van der Waals surface area contributed by atoms with Gasteiger partial charge in [0.2, 0.25) is 0 Å². The molecule has 0 fully saturated rings. The molecule has 0 saturated heterocycles. The summed E-state index contributed by atoms with van der Waals surface area (Å²) in [5.74, 6) is 0. The molecule has 0 saturated carbocycles. The van der Waals surface area contributed by atoms with Crippen molar-refractivity contribution in [3.8, 4) is 0 Å². The van der Waals surface area contributed by atoms with Gasteiger partial charge in [0.25, 0.3) is 0 Å². The van der Waals surface area contributed by atoms with Gasteiger partial charge in [-0.3, -0.25) is 0 Å². The van der Waals surface area contributed by atoms with Gasteiger partial charge >= 0.3 is 6.09 Å². The quantitative estimate of drug-likeness (QED) is 0.742. The Morgan fingerprint density at radius 1 is 1.39 bits per heavy atom. The van der Waals surface area contributed by atoms with Crippen molar-refractivity contribution in [1.29, 1.82) is 0 Å². The normalized spacial score (nSPS) is 11.8. The number of hydrogen-bond acceptors (Lipinski definition) is 2. The van der Waals surface area contributed by atoms with Gasteiger partial charge in [-0.05, 0) is 32.4 Å². The summed E-state index contributed by atoms with van der Waals surface area (Å²) < 4.78 is 6.81. The monoisotopic (exact) mass is 308 g/mol. The van der Waals surface area contributed by atoms with Crippen LogP contribution in [0.1, 0.15) is 26.3 Å².